The maximum absolute atomic E-state index is 10.9. The second-order valence-corrected chi connectivity index (χ2v) is 3.08. The van der Waals surface area contributed by atoms with Gasteiger partial charge in [0, 0.05) is 19.4 Å². The third-order valence-corrected chi connectivity index (χ3v) is 1.73. The number of rotatable bonds is 8. The van der Waals surface area contributed by atoms with Gasteiger partial charge in [0.2, 0.25) is 11.8 Å². The molecule has 0 spiro atoms. The zero-order chi connectivity index (χ0) is 10.8. The summed E-state index contributed by atoms with van der Waals surface area (Å²) >= 11 is 0. The van der Waals surface area contributed by atoms with Gasteiger partial charge in [-0.05, 0) is 12.8 Å². The molecule has 0 saturated heterocycles. The predicted molar refractivity (Wildman–Crippen MR) is 54.4 cm³/mol. The molecule has 0 aliphatic carbocycles. The molecule has 2 amide bonds. The molecule has 2 N–H and O–H groups in total. The van der Waals surface area contributed by atoms with Gasteiger partial charge in [0.1, 0.15) is 0 Å². The van der Waals surface area contributed by atoms with Crippen LogP contribution in [0.1, 0.15) is 32.1 Å². The van der Waals surface area contributed by atoms with Crippen molar-refractivity contribution in [3.8, 4) is 0 Å². The van der Waals surface area contributed by atoms with Gasteiger partial charge in [-0.25, -0.2) is 0 Å². The summed E-state index contributed by atoms with van der Waals surface area (Å²) in [5.74, 6) is -0.530. The molecule has 0 aliphatic heterocycles. The molecule has 4 heteroatoms. The Morgan fingerprint density at radius 1 is 1.29 bits per heavy atom. The molecule has 0 bridgehead atoms. The smallest absolute Gasteiger partial charge is 0.238 e. The summed E-state index contributed by atoms with van der Waals surface area (Å²) in [7, 11) is 0. The summed E-state index contributed by atoms with van der Waals surface area (Å²) in [5, 5.41) is 2.73. The van der Waals surface area contributed by atoms with Crippen LogP contribution in [0.2, 0.25) is 0 Å². The first-order valence-corrected chi connectivity index (χ1v) is 4.79. The number of amides is 2. The van der Waals surface area contributed by atoms with Crippen molar-refractivity contribution in [1.29, 1.82) is 0 Å². The van der Waals surface area contributed by atoms with Crippen LogP contribution >= 0.6 is 0 Å². The van der Waals surface area contributed by atoms with Crippen LogP contribution in [0.15, 0.2) is 12.7 Å². The van der Waals surface area contributed by atoms with E-state index < -0.39 is 5.91 Å². The Hall–Kier alpha value is -1.32. The maximum atomic E-state index is 10.9. The van der Waals surface area contributed by atoms with Crippen molar-refractivity contribution in [3.05, 3.63) is 12.7 Å². The van der Waals surface area contributed by atoms with Gasteiger partial charge in [-0.15, -0.1) is 6.58 Å². The maximum Gasteiger partial charge on any atom is 0.238 e. The van der Waals surface area contributed by atoms with Gasteiger partial charge in [-0.1, -0.05) is 12.5 Å². The normalized spacial score (nSPS) is 9.43. The van der Waals surface area contributed by atoms with Gasteiger partial charge in [0.05, 0.1) is 0 Å². The van der Waals surface area contributed by atoms with Gasteiger partial charge in [-0.3, -0.25) is 15.3 Å². The van der Waals surface area contributed by atoms with Crippen LogP contribution in [0.25, 0.3) is 0 Å². The molecular weight excluding hydrogens is 180 g/mol. The van der Waals surface area contributed by atoms with E-state index in [1.165, 1.54) is 0 Å². The Balaban J connectivity index is 3.17. The average Bonchev–Trinajstić information content (AvgIpc) is 2.11. The number of carbonyl (C=O) groups excluding carboxylic acids is 2. The first-order valence-electron chi connectivity index (χ1n) is 4.79. The average molecular weight is 197 g/mol. The molecular formula is C10H17N2O2. The quantitative estimate of drug-likeness (QED) is 0.466. The van der Waals surface area contributed by atoms with Crippen LogP contribution in [0.3, 0.4) is 0 Å². The standard InChI is InChI=1S/C10H17N2O2/c1-2-6-10(14)12-8-5-3-4-7-9(11)13/h2,11H,1,3-8H2,(H,12,14). The molecule has 0 atom stereocenters. The third kappa shape index (κ3) is 8.77. The number of carbonyl (C=O) groups is 2. The largest absolute Gasteiger partial charge is 0.356 e. The van der Waals surface area contributed by atoms with Crippen molar-refractivity contribution in [3.63, 3.8) is 0 Å². The highest BCUT2D eigenvalue weighted by atomic mass is 16.1. The van der Waals surface area contributed by atoms with Gasteiger partial charge in [0.15, 0.2) is 0 Å². The van der Waals surface area contributed by atoms with Crippen LogP contribution in [0.5, 0.6) is 0 Å². The Bertz CT molecular complexity index is 202. The molecule has 0 aromatic heterocycles. The number of hydrogen-bond acceptors (Lipinski definition) is 2. The molecule has 0 aromatic carbocycles. The first kappa shape index (κ1) is 12.7. The van der Waals surface area contributed by atoms with Crippen LogP contribution < -0.4 is 11.1 Å². The zero-order valence-electron chi connectivity index (χ0n) is 8.34. The Morgan fingerprint density at radius 2 is 2.00 bits per heavy atom. The second-order valence-electron chi connectivity index (χ2n) is 3.08. The number of unbranched alkanes of at least 4 members (excludes halogenated alkanes) is 2. The first-order chi connectivity index (χ1) is 6.66. The lowest BCUT2D eigenvalue weighted by atomic mass is 10.2. The number of nitrogens with one attached hydrogen (secondary N) is 2. The molecule has 0 fully saturated rings. The van der Waals surface area contributed by atoms with E-state index in [1.807, 2.05) is 0 Å². The summed E-state index contributed by atoms with van der Waals surface area (Å²) in [6, 6.07) is 0. The fourth-order valence-electron chi connectivity index (χ4n) is 1.02. The van der Waals surface area contributed by atoms with E-state index in [0.29, 0.717) is 19.4 Å². The highest BCUT2D eigenvalue weighted by molar-refractivity contribution is 5.77. The van der Waals surface area contributed by atoms with Crippen molar-refractivity contribution in [2.24, 2.45) is 0 Å². The molecule has 0 rings (SSSR count). The minimum atomic E-state index is -0.513. The monoisotopic (exact) mass is 197 g/mol. The van der Waals surface area contributed by atoms with Gasteiger partial charge in [-0.2, -0.15) is 0 Å². The van der Waals surface area contributed by atoms with Crippen LogP contribution in [-0.4, -0.2) is 18.4 Å². The third-order valence-electron chi connectivity index (χ3n) is 1.73. The molecule has 1 radical (unpaired) electrons. The van der Waals surface area contributed by atoms with E-state index in [-0.39, 0.29) is 5.91 Å². The van der Waals surface area contributed by atoms with E-state index in [1.54, 1.807) is 6.08 Å². The lowest BCUT2D eigenvalue weighted by Crippen LogP contribution is -2.23. The molecule has 0 saturated carbocycles. The van der Waals surface area contributed by atoms with Gasteiger partial charge in [0.25, 0.3) is 0 Å². The molecule has 4 nitrogen and oxygen atoms in total. The lowest BCUT2D eigenvalue weighted by molar-refractivity contribution is -0.120. The van der Waals surface area contributed by atoms with E-state index >= 15 is 0 Å². The van der Waals surface area contributed by atoms with E-state index in [4.69, 9.17) is 5.73 Å². The van der Waals surface area contributed by atoms with Crippen molar-refractivity contribution in [2.45, 2.75) is 32.1 Å². The summed E-state index contributed by atoms with van der Waals surface area (Å²) in [6.07, 6.45) is 4.70. The summed E-state index contributed by atoms with van der Waals surface area (Å²) < 4.78 is 0. The van der Waals surface area contributed by atoms with Crippen molar-refractivity contribution in [2.75, 3.05) is 6.54 Å². The predicted octanol–water partition coefficient (Wildman–Crippen LogP) is 1.05. The Labute approximate surface area is 84.5 Å². The van der Waals surface area contributed by atoms with E-state index in [0.717, 1.165) is 19.3 Å². The molecule has 0 aliphatic rings. The molecule has 0 unspecified atom stereocenters. The van der Waals surface area contributed by atoms with Gasteiger partial charge < -0.3 is 5.32 Å². The molecule has 0 aromatic rings. The van der Waals surface area contributed by atoms with Crippen molar-refractivity contribution in [1.82, 2.24) is 11.1 Å². The summed E-state index contributed by atoms with van der Waals surface area (Å²) in [6.45, 7) is 4.10. The van der Waals surface area contributed by atoms with E-state index in [2.05, 4.69) is 11.9 Å². The molecule has 79 valence electrons. The fraction of sp³-hybridized carbons (Fsp3) is 0.600. The highest BCUT2D eigenvalue weighted by Gasteiger charge is 1.97. The second kappa shape index (κ2) is 8.29. The summed E-state index contributed by atoms with van der Waals surface area (Å²) in [5.41, 5.74) is 6.66. The van der Waals surface area contributed by atoms with Crippen molar-refractivity contribution < 1.29 is 9.59 Å². The Morgan fingerprint density at radius 3 is 2.57 bits per heavy atom. The fourth-order valence-corrected chi connectivity index (χ4v) is 1.02. The lowest BCUT2D eigenvalue weighted by Gasteiger charge is -2.02. The molecule has 14 heavy (non-hydrogen) atoms. The minimum Gasteiger partial charge on any atom is -0.356 e. The summed E-state index contributed by atoms with van der Waals surface area (Å²) in [4.78, 5) is 21.2. The number of hydrogen-bond donors (Lipinski definition) is 1. The highest BCUT2D eigenvalue weighted by Crippen LogP contribution is 1.98. The topological polar surface area (TPSA) is 70.0 Å². The molecule has 0 heterocycles. The van der Waals surface area contributed by atoms with Crippen LogP contribution in [-0.2, 0) is 9.59 Å². The van der Waals surface area contributed by atoms with Crippen LogP contribution in [0.4, 0.5) is 0 Å². The van der Waals surface area contributed by atoms with Crippen molar-refractivity contribution >= 4 is 11.8 Å². The SMILES string of the molecule is C=CCC(=O)NCCCCCC([NH])=O. The minimum absolute atomic E-state index is 0.0171. The zero-order valence-corrected chi connectivity index (χ0v) is 8.34. The van der Waals surface area contributed by atoms with Gasteiger partial charge >= 0.3 is 0 Å². The Kier molecular flexibility index (Phi) is 7.50. The van der Waals surface area contributed by atoms with E-state index in [9.17, 15) is 9.59 Å². The van der Waals surface area contributed by atoms with Crippen LogP contribution in [0, 0.1) is 0 Å².